The van der Waals surface area contributed by atoms with Crippen molar-refractivity contribution in [2.75, 3.05) is 8.46 Å². The summed E-state index contributed by atoms with van der Waals surface area (Å²) in [5.74, 6) is 0. The average Bonchev–Trinajstić information content (AvgIpc) is 2.62. The van der Waals surface area contributed by atoms with Gasteiger partial charge in [-0.3, -0.25) is 0 Å². The van der Waals surface area contributed by atoms with Gasteiger partial charge >= 0.3 is 0 Å². The van der Waals surface area contributed by atoms with E-state index in [0.29, 0.717) is 0 Å². The molecule has 0 saturated carbocycles. The summed E-state index contributed by atoms with van der Waals surface area (Å²) >= 11 is 0. The van der Waals surface area contributed by atoms with Gasteiger partial charge in [-0.15, -0.1) is 26.3 Å². The van der Waals surface area contributed by atoms with Gasteiger partial charge in [0.15, 0.2) is 32.9 Å². The number of rotatable bonds is 10. The maximum Gasteiger partial charge on any atom is 0.166 e. The van der Waals surface area contributed by atoms with Crippen molar-refractivity contribution in [3.8, 4) is 0 Å². The Bertz CT molecular complexity index is 630. The fraction of sp³-hybridized carbons (Fsp3) is 0.364. The van der Waals surface area contributed by atoms with Crippen LogP contribution in [0.1, 0.15) is 0 Å². The Morgan fingerprint density at radius 1 is 0.500 bits per heavy atom. The zero-order chi connectivity index (χ0) is 22.0. The van der Waals surface area contributed by atoms with Gasteiger partial charge in [0.05, 0.1) is 0 Å². The zero-order valence-corrected chi connectivity index (χ0v) is 23.3. The van der Waals surface area contributed by atoms with E-state index in [1.165, 1.54) is 11.4 Å². The molecule has 0 spiro atoms. The molecule has 2 nitrogen and oxygen atoms in total. The average molecular weight is 445 g/mol. The van der Waals surface area contributed by atoms with Crippen molar-refractivity contribution in [3.63, 3.8) is 0 Å². The minimum Gasteiger partial charge on any atom is -0.418 e. The summed E-state index contributed by atoms with van der Waals surface area (Å²) in [7, 11) is -7.11. The SMILES string of the molecule is C=C[Si](C)(C)N(c1ccc(N([Si](C)(C)C=C)[Si](C)(C)C=C)cc1)[Si](C)(C)C=C. The molecule has 6 heteroatoms. The normalized spacial score (nSPS) is 12.9. The second kappa shape index (κ2) is 8.57. The third-order valence-corrected chi connectivity index (χ3v) is 22.2. The Balaban J connectivity index is 3.56. The maximum absolute atomic E-state index is 4.15. The van der Waals surface area contributed by atoms with Crippen LogP contribution >= 0.6 is 0 Å². The van der Waals surface area contributed by atoms with E-state index in [1.54, 1.807) is 0 Å². The first-order chi connectivity index (χ1) is 12.7. The largest absolute Gasteiger partial charge is 0.418 e. The van der Waals surface area contributed by atoms with E-state index in [9.17, 15) is 0 Å². The highest BCUT2D eigenvalue weighted by molar-refractivity contribution is 7.05. The van der Waals surface area contributed by atoms with Crippen molar-refractivity contribution in [2.45, 2.75) is 52.4 Å². The van der Waals surface area contributed by atoms with Crippen LogP contribution in [-0.2, 0) is 0 Å². The lowest BCUT2D eigenvalue weighted by Gasteiger charge is -2.48. The molecular formula is C22H40N2Si4. The van der Waals surface area contributed by atoms with Gasteiger partial charge in [-0.2, -0.15) is 0 Å². The summed E-state index contributed by atoms with van der Waals surface area (Å²) in [5.41, 5.74) is 11.3. The van der Waals surface area contributed by atoms with Gasteiger partial charge in [-0.25, -0.2) is 0 Å². The number of anilines is 2. The van der Waals surface area contributed by atoms with Gasteiger partial charge in [0.25, 0.3) is 0 Å². The molecule has 0 amide bonds. The minimum absolute atomic E-state index is 1.29. The highest BCUT2D eigenvalue weighted by Gasteiger charge is 2.39. The van der Waals surface area contributed by atoms with E-state index in [2.05, 4.69) is 134 Å². The van der Waals surface area contributed by atoms with Crippen LogP contribution in [0.5, 0.6) is 0 Å². The van der Waals surface area contributed by atoms with Crippen molar-refractivity contribution in [1.82, 2.24) is 0 Å². The van der Waals surface area contributed by atoms with Crippen LogP contribution < -0.4 is 8.46 Å². The summed E-state index contributed by atoms with van der Waals surface area (Å²) in [6, 6.07) is 9.17. The molecule has 0 heterocycles. The lowest BCUT2D eigenvalue weighted by molar-refractivity contribution is 1.35. The zero-order valence-electron chi connectivity index (χ0n) is 19.3. The van der Waals surface area contributed by atoms with Gasteiger partial charge in [-0.1, -0.05) is 22.8 Å². The summed E-state index contributed by atoms with van der Waals surface area (Å²) < 4.78 is 5.31. The first-order valence-electron chi connectivity index (χ1n) is 9.95. The lowest BCUT2D eigenvalue weighted by Crippen LogP contribution is -2.61. The van der Waals surface area contributed by atoms with Crippen molar-refractivity contribution >= 4 is 44.3 Å². The number of hydrogen-bond donors (Lipinski definition) is 0. The molecule has 0 aromatic heterocycles. The van der Waals surface area contributed by atoms with Gasteiger partial charge in [0.2, 0.25) is 0 Å². The number of hydrogen-bond acceptors (Lipinski definition) is 2. The van der Waals surface area contributed by atoms with Crippen LogP contribution in [0.2, 0.25) is 52.4 Å². The molecule has 0 bridgehead atoms. The lowest BCUT2D eigenvalue weighted by atomic mass is 10.3. The van der Waals surface area contributed by atoms with E-state index in [4.69, 9.17) is 0 Å². The van der Waals surface area contributed by atoms with Crippen LogP contribution in [-0.4, -0.2) is 32.9 Å². The fourth-order valence-electron chi connectivity index (χ4n) is 3.93. The fourth-order valence-corrected chi connectivity index (χ4v) is 20.9. The van der Waals surface area contributed by atoms with E-state index in [1.807, 2.05) is 0 Å². The van der Waals surface area contributed by atoms with Gasteiger partial charge in [0, 0.05) is 11.4 Å². The number of benzene rings is 1. The molecule has 1 aromatic carbocycles. The second-order valence-electron chi connectivity index (χ2n) is 9.62. The van der Waals surface area contributed by atoms with E-state index >= 15 is 0 Å². The Morgan fingerprint density at radius 2 is 0.679 bits per heavy atom. The number of nitrogens with zero attached hydrogens (tertiary/aromatic N) is 2. The first kappa shape index (κ1) is 24.7. The second-order valence-corrected chi connectivity index (χ2v) is 27.2. The smallest absolute Gasteiger partial charge is 0.166 e. The Kier molecular flexibility index (Phi) is 7.55. The molecule has 0 radical (unpaired) electrons. The molecule has 0 aliphatic rings. The van der Waals surface area contributed by atoms with Crippen LogP contribution in [0.4, 0.5) is 11.4 Å². The minimum atomic E-state index is -1.78. The van der Waals surface area contributed by atoms with Crippen molar-refractivity contribution in [1.29, 1.82) is 0 Å². The van der Waals surface area contributed by atoms with Crippen molar-refractivity contribution < 1.29 is 0 Å². The van der Waals surface area contributed by atoms with Gasteiger partial charge < -0.3 is 8.46 Å². The molecule has 0 atom stereocenters. The molecule has 0 saturated heterocycles. The topological polar surface area (TPSA) is 6.48 Å². The highest BCUT2D eigenvalue weighted by Crippen LogP contribution is 2.34. The predicted molar refractivity (Wildman–Crippen MR) is 142 cm³/mol. The predicted octanol–water partition coefficient (Wildman–Crippen LogP) is 7.02. The van der Waals surface area contributed by atoms with Crippen molar-refractivity contribution in [2.24, 2.45) is 0 Å². The third-order valence-electron chi connectivity index (χ3n) is 5.67. The molecule has 0 aliphatic heterocycles. The van der Waals surface area contributed by atoms with E-state index in [-0.39, 0.29) is 0 Å². The summed E-state index contributed by atoms with van der Waals surface area (Å²) in [4.78, 5) is 0. The quantitative estimate of drug-likeness (QED) is 0.358. The summed E-state index contributed by atoms with van der Waals surface area (Å²) in [6.07, 6.45) is 0. The summed E-state index contributed by atoms with van der Waals surface area (Å²) in [5, 5.41) is 0. The molecule has 28 heavy (non-hydrogen) atoms. The summed E-state index contributed by atoms with van der Waals surface area (Å²) in [6.45, 7) is 35.5. The van der Waals surface area contributed by atoms with Gasteiger partial charge in [-0.05, 0) is 76.6 Å². The first-order valence-corrected chi connectivity index (χ1v) is 22.0. The molecular weight excluding hydrogens is 405 g/mol. The highest BCUT2D eigenvalue weighted by atomic mass is 28.4. The van der Waals surface area contributed by atoms with Crippen LogP contribution in [0, 0.1) is 0 Å². The van der Waals surface area contributed by atoms with Crippen LogP contribution in [0.15, 0.2) is 73.4 Å². The van der Waals surface area contributed by atoms with E-state index in [0.717, 1.165) is 0 Å². The molecule has 1 aromatic rings. The maximum atomic E-state index is 4.15. The molecule has 0 fully saturated rings. The van der Waals surface area contributed by atoms with Crippen LogP contribution in [0.25, 0.3) is 0 Å². The monoisotopic (exact) mass is 444 g/mol. The van der Waals surface area contributed by atoms with E-state index < -0.39 is 32.9 Å². The molecule has 0 unspecified atom stereocenters. The molecule has 154 valence electrons. The molecule has 1 rings (SSSR count). The van der Waals surface area contributed by atoms with Crippen LogP contribution in [0.3, 0.4) is 0 Å². The Morgan fingerprint density at radius 3 is 0.821 bits per heavy atom. The Labute approximate surface area is 178 Å². The Hall–Kier alpha value is -1.35. The van der Waals surface area contributed by atoms with Gasteiger partial charge in [0.1, 0.15) is 0 Å². The third kappa shape index (κ3) is 4.97. The van der Waals surface area contributed by atoms with Crippen molar-refractivity contribution in [3.05, 3.63) is 73.4 Å². The standard InChI is InChI=1S/C22H40N2Si4/c1-13-25(5,6)23(26(7,8)14-2)21-17-19-22(20-18-21)24(27(9,10)15-3)28(11,12)16-4/h13-20H,1-4H2,5-12H3. The molecule has 0 N–H and O–H groups in total. The molecule has 0 aliphatic carbocycles.